The summed E-state index contributed by atoms with van der Waals surface area (Å²) in [5, 5.41) is 12.7. The second kappa shape index (κ2) is 9.94. The maximum absolute atomic E-state index is 11.7. The Labute approximate surface area is 159 Å². The van der Waals surface area contributed by atoms with E-state index in [2.05, 4.69) is 9.50 Å². The highest BCUT2D eigenvalue weighted by Gasteiger charge is 2.15. The Morgan fingerprint density at radius 3 is 2.63 bits per heavy atom. The smallest absolute Gasteiger partial charge is 0.407 e. The SMILES string of the molecule is CCOS(=O)(=O)C=Cc1c(C#N)cccc1OCCNC(=O)OC(C)(C)C. The van der Waals surface area contributed by atoms with Crippen molar-refractivity contribution in [2.24, 2.45) is 0 Å². The zero-order valence-electron chi connectivity index (χ0n) is 15.8. The van der Waals surface area contributed by atoms with Crippen LogP contribution in [0, 0.1) is 11.3 Å². The molecule has 0 spiro atoms. The van der Waals surface area contributed by atoms with E-state index in [4.69, 9.17) is 9.47 Å². The number of hydrogen-bond acceptors (Lipinski definition) is 7. The first kappa shape index (κ1) is 22.5. The lowest BCUT2D eigenvalue weighted by Gasteiger charge is -2.19. The number of nitrogens with zero attached hydrogens (tertiary/aromatic N) is 1. The number of nitrogens with one attached hydrogen (secondary N) is 1. The fraction of sp³-hybridized carbons (Fsp3) is 0.444. The Bertz CT molecular complexity index is 819. The van der Waals surface area contributed by atoms with Gasteiger partial charge in [-0.3, -0.25) is 4.18 Å². The van der Waals surface area contributed by atoms with Crippen molar-refractivity contribution in [3.05, 3.63) is 34.7 Å². The third-order valence-electron chi connectivity index (χ3n) is 2.90. The summed E-state index contributed by atoms with van der Waals surface area (Å²) in [7, 11) is -3.84. The van der Waals surface area contributed by atoms with Gasteiger partial charge in [-0.15, -0.1) is 0 Å². The number of benzene rings is 1. The molecule has 9 heteroatoms. The van der Waals surface area contributed by atoms with Crippen molar-refractivity contribution in [2.45, 2.75) is 33.3 Å². The Morgan fingerprint density at radius 1 is 1.33 bits per heavy atom. The summed E-state index contributed by atoms with van der Waals surface area (Å²) < 4.78 is 38.7. The number of rotatable bonds is 8. The molecule has 0 saturated heterocycles. The van der Waals surface area contributed by atoms with Crippen LogP contribution in [0.3, 0.4) is 0 Å². The molecule has 1 N–H and O–H groups in total. The summed E-state index contributed by atoms with van der Waals surface area (Å²) >= 11 is 0. The van der Waals surface area contributed by atoms with E-state index in [1.807, 2.05) is 6.07 Å². The largest absolute Gasteiger partial charge is 0.491 e. The predicted octanol–water partition coefficient (Wildman–Crippen LogP) is 2.80. The lowest BCUT2D eigenvalue weighted by molar-refractivity contribution is 0.0520. The molecular formula is C18H24N2O6S. The van der Waals surface area contributed by atoms with Crippen LogP contribution in [0.2, 0.25) is 0 Å². The molecule has 27 heavy (non-hydrogen) atoms. The lowest BCUT2D eigenvalue weighted by Crippen LogP contribution is -2.34. The van der Waals surface area contributed by atoms with Gasteiger partial charge in [-0.1, -0.05) is 6.07 Å². The molecule has 0 atom stereocenters. The molecule has 0 fully saturated rings. The van der Waals surface area contributed by atoms with Crippen LogP contribution in [-0.2, 0) is 19.0 Å². The number of hydrogen-bond donors (Lipinski definition) is 1. The minimum absolute atomic E-state index is 0.00621. The lowest BCUT2D eigenvalue weighted by atomic mass is 10.1. The van der Waals surface area contributed by atoms with E-state index in [-0.39, 0.29) is 25.3 Å². The van der Waals surface area contributed by atoms with Gasteiger partial charge in [0, 0.05) is 5.56 Å². The third kappa shape index (κ3) is 8.57. The van der Waals surface area contributed by atoms with Crippen LogP contribution in [-0.4, -0.2) is 39.9 Å². The topological polar surface area (TPSA) is 115 Å². The van der Waals surface area contributed by atoms with Crippen molar-refractivity contribution < 1.29 is 26.9 Å². The van der Waals surface area contributed by atoms with Gasteiger partial charge in [0.15, 0.2) is 0 Å². The van der Waals surface area contributed by atoms with E-state index < -0.39 is 21.8 Å². The minimum atomic E-state index is -3.84. The zero-order chi connectivity index (χ0) is 20.5. The molecule has 0 saturated carbocycles. The normalized spacial score (nSPS) is 11.8. The third-order valence-corrected chi connectivity index (χ3v) is 3.93. The summed E-state index contributed by atoms with van der Waals surface area (Å²) in [5.41, 5.74) is -0.0492. The molecule has 148 valence electrons. The molecule has 0 aromatic heterocycles. The summed E-state index contributed by atoms with van der Waals surface area (Å²) in [6.45, 7) is 7.11. The Hall–Kier alpha value is -2.57. The Balaban J connectivity index is 2.80. The number of alkyl carbamates (subject to hydrolysis) is 1. The first-order valence-corrected chi connectivity index (χ1v) is 9.75. The second-order valence-electron chi connectivity index (χ2n) is 6.31. The van der Waals surface area contributed by atoms with Gasteiger partial charge in [0.2, 0.25) is 0 Å². The van der Waals surface area contributed by atoms with Gasteiger partial charge in [0.1, 0.15) is 18.0 Å². The second-order valence-corrected chi connectivity index (χ2v) is 7.80. The van der Waals surface area contributed by atoms with Crippen LogP contribution < -0.4 is 10.1 Å². The molecule has 0 aliphatic heterocycles. The van der Waals surface area contributed by atoms with E-state index in [0.29, 0.717) is 11.3 Å². The van der Waals surface area contributed by atoms with Gasteiger partial charge in [-0.25, -0.2) is 4.79 Å². The highest BCUT2D eigenvalue weighted by molar-refractivity contribution is 7.89. The van der Waals surface area contributed by atoms with Crippen molar-refractivity contribution in [2.75, 3.05) is 19.8 Å². The van der Waals surface area contributed by atoms with Crippen molar-refractivity contribution in [1.82, 2.24) is 5.32 Å². The van der Waals surface area contributed by atoms with Crippen LogP contribution in [0.4, 0.5) is 4.79 Å². The number of ether oxygens (including phenoxy) is 2. The van der Waals surface area contributed by atoms with Gasteiger partial charge in [-0.2, -0.15) is 13.7 Å². The van der Waals surface area contributed by atoms with Crippen molar-refractivity contribution >= 4 is 22.3 Å². The molecule has 0 aliphatic carbocycles. The number of carbonyl (C=O) groups is 1. The molecule has 0 bridgehead atoms. The van der Waals surface area contributed by atoms with Crippen LogP contribution in [0.15, 0.2) is 23.6 Å². The number of amides is 1. The van der Waals surface area contributed by atoms with Crippen molar-refractivity contribution in [3.63, 3.8) is 0 Å². The molecule has 1 amide bonds. The average Bonchev–Trinajstić information content (AvgIpc) is 2.55. The molecule has 1 aromatic carbocycles. The van der Waals surface area contributed by atoms with Crippen LogP contribution in [0.5, 0.6) is 5.75 Å². The van der Waals surface area contributed by atoms with Gasteiger partial charge in [0.25, 0.3) is 10.1 Å². The van der Waals surface area contributed by atoms with Crippen LogP contribution >= 0.6 is 0 Å². The van der Waals surface area contributed by atoms with Gasteiger partial charge in [0.05, 0.1) is 30.2 Å². The van der Waals surface area contributed by atoms with E-state index in [1.54, 1.807) is 45.9 Å². The highest BCUT2D eigenvalue weighted by Crippen LogP contribution is 2.24. The average molecular weight is 396 g/mol. The molecule has 1 aromatic rings. The standard InChI is InChI=1S/C18H24N2O6S/c1-5-25-27(22,23)12-9-15-14(13-19)7-6-8-16(15)24-11-10-20-17(21)26-18(2,3)4/h6-9,12H,5,10-11H2,1-4H3,(H,20,21). The van der Waals surface area contributed by atoms with Crippen molar-refractivity contribution in [3.8, 4) is 11.8 Å². The fourth-order valence-corrected chi connectivity index (χ4v) is 2.63. The van der Waals surface area contributed by atoms with E-state index >= 15 is 0 Å². The molecule has 0 radical (unpaired) electrons. The molecule has 1 rings (SSSR count). The summed E-state index contributed by atoms with van der Waals surface area (Å²) in [4.78, 5) is 11.6. The summed E-state index contributed by atoms with van der Waals surface area (Å²) in [6.07, 6.45) is 0.681. The van der Waals surface area contributed by atoms with Crippen molar-refractivity contribution in [1.29, 1.82) is 5.26 Å². The van der Waals surface area contributed by atoms with Crippen LogP contribution in [0.1, 0.15) is 38.8 Å². The highest BCUT2D eigenvalue weighted by atomic mass is 32.2. The van der Waals surface area contributed by atoms with E-state index in [1.165, 1.54) is 6.08 Å². The molecule has 0 unspecified atom stereocenters. The first-order chi connectivity index (χ1) is 12.6. The molecule has 0 heterocycles. The quantitative estimate of drug-likeness (QED) is 0.531. The van der Waals surface area contributed by atoms with E-state index in [0.717, 1.165) is 5.41 Å². The van der Waals surface area contributed by atoms with Crippen LogP contribution in [0.25, 0.3) is 6.08 Å². The summed E-state index contributed by atoms with van der Waals surface area (Å²) in [6, 6.07) is 6.74. The molecule has 0 aliphatic rings. The zero-order valence-corrected chi connectivity index (χ0v) is 16.6. The van der Waals surface area contributed by atoms with Gasteiger partial charge in [-0.05, 0) is 45.9 Å². The number of carbonyl (C=O) groups excluding carboxylic acids is 1. The van der Waals surface area contributed by atoms with Gasteiger partial charge < -0.3 is 14.8 Å². The maximum Gasteiger partial charge on any atom is 0.407 e. The van der Waals surface area contributed by atoms with E-state index in [9.17, 15) is 18.5 Å². The first-order valence-electron chi connectivity index (χ1n) is 8.28. The number of nitriles is 1. The molecular weight excluding hydrogens is 372 g/mol. The predicted molar refractivity (Wildman–Crippen MR) is 100 cm³/mol. The van der Waals surface area contributed by atoms with Gasteiger partial charge >= 0.3 is 6.09 Å². The Morgan fingerprint density at radius 2 is 2.04 bits per heavy atom. The fourth-order valence-electron chi connectivity index (χ4n) is 1.92. The summed E-state index contributed by atoms with van der Waals surface area (Å²) in [5.74, 6) is 0.308. The monoisotopic (exact) mass is 396 g/mol. The molecule has 8 nitrogen and oxygen atoms in total. The minimum Gasteiger partial charge on any atom is -0.491 e. The Kier molecular flexibility index (Phi) is 8.28. The maximum atomic E-state index is 11.7.